The van der Waals surface area contributed by atoms with Crippen LogP contribution in [0.15, 0.2) is 72.8 Å². The van der Waals surface area contributed by atoms with E-state index in [0.717, 1.165) is 0 Å². The van der Waals surface area contributed by atoms with Crippen LogP contribution in [-0.2, 0) is 0 Å². The molecule has 58 heavy (non-hydrogen) atoms. The van der Waals surface area contributed by atoms with Crippen molar-refractivity contribution in [2.75, 3.05) is 4.90 Å². The molecule has 0 heterocycles. The summed E-state index contributed by atoms with van der Waals surface area (Å²) in [5.74, 6) is 0. The first-order valence-electron chi connectivity index (χ1n) is 25.4. The standard InChI is InChI=1S/C18H12N.9C4H9.3Sn/c1-4-10-16(11-5-1)19(17-12-6-2-7-13-17)18-14-8-3-9-15-18;9*1-3-4-2;;;/h4-15H;9*1,3-4H2,2H3;;;. The Morgan fingerprint density at radius 1 is 0.259 bits per heavy atom. The van der Waals surface area contributed by atoms with Crippen molar-refractivity contribution in [3.8, 4) is 0 Å². The van der Waals surface area contributed by atoms with E-state index in [4.69, 9.17) is 0 Å². The summed E-state index contributed by atoms with van der Waals surface area (Å²) >= 11 is -7.62. The Bertz CT molecular complexity index is 1220. The molecule has 3 rings (SSSR count). The Hall–Kier alpha value is -0.144. The van der Waals surface area contributed by atoms with Crippen molar-refractivity contribution >= 4 is 82.9 Å². The van der Waals surface area contributed by atoms with Gasteiger partial charge in [-0.05, 0) is 0 Å². The van der Waals surface area contributed by atoms with Crippen LogP contribution in [0.3, 0.4) is 0 Å². The number of benzene rings is 3. The molecule has 0 aliphatic carbocycles. The molecule has 0 amide bonds. The maximum absolute atomic E-state index is 2.64. The van der Waals surface area contributed by atoms with Gasteiger partial charge >= 0.3 is 378 Å². The third kappa shape index (κ3) is 15.3. The van der Waals surface area contributed by atoms with Crippen LogP contribution >= 0.6 is 0 Å². The van der Waals surface area contributed by atoms with E-state index in [2.05, 4.69) is 140 Å². The molecule has 0 saturated heterocycles. The number of hydrogen-bond donors (Lipinski definition) is 0. The van der Waals surface area contributed by atoms with Gasteiger partial charge in [-0.3, -0.25) is 0 Å². The summed E-state index contributed by atoms with van der Waals surface area (Å²) in [4.78, 5) is 2.64. The molecule has 0 spiro atoms. The molecule has 0 fully saturated rings. The summed E-state index contributed by atoms with van der Waals surface area (Å²) in [5, 5.41) is 0. The number of unbranched alkanes of at least 4 members (excludes halogenated alkanes) is 9. The summed E-state index contributed by atoms with van der Waals surface area (Å²) in [7, 11) is 0. The Balaban J connectivity index is 2.22. The van der Waals surface area contributed by atoms with E-state index in [1.807, 2.05) is 0 Å². The second-order valence-corrected chi connectivity index (χ2v) is 58.5. The zero-order valence-electron chi connectivity index (χ0n) is 40.0. The van der Waals surface area contributed by atoms with Crippen molar-refractivity contribution in [1.29, 1.82) is 0 Å². The predicted octanol–water partition coefficient (Wildman–Crippen LogP) is 17.3. The Morgan fingerprint density at radius 3 is 0.552 bits per heavy atom. The number of rotatable bonds is 33. The van der Waals surface area contributed by atoms with Crippen LogP contribution < -0.4 is 15.6 Å². The number of nitrogens with zero attached hydrogens (tertiary/aromatic N) is 1. The van der Waals surface area contributed by atoms with Crippen LogP contribution in [-0.4, -0.2) is 55.1 Å². The molecule has 0 aliphatic heterocycles. The van der Waals surface area contributed by atoms with Gasteiger partial charge in [0.2, 0.25) is 0 Å². The van der Waals surface area contributed by atoms with Crippen LogP contribution in [0.4, 0.5) is 17.1 Å². The average Bonchev–Trinajstić information content (AvgIpc) is 3.27. The molecule has 0 aromatic heterocycles. The van der Waals surface area contributed by atoms with Crippen molar-refractivity contribution in [1.82, 2.24) is 0 Å². The first-order chi connectivity index (χ1) is 28.3. The fourth-order valence-corrected chi connectivity index (χ4v) is 58.2. The molecule has 1 nitrogen and oxygen atoms in total. The van der Waals surface area contributed by atoms with Crippen LogP contribution in [0.1, 0.15) is 178 Å². The van der Waals surface area contributed by atoms with Crippen LogP contribution in [0.2, 0.25) is 39.9 Å². The first kappa shape index (κ1) is 52.2. The topological polar surface area (TPSA) is 3.24 Å². The zero-order valence-corrected chi connectivity index (χ0v) is 48.5. The Morgan fingerprint density at radius 2 is 0.414 bits per heavy atom. The zero-order chi connectivity index (χ0) is 42.1. The summed E-state index contributed by atoms with van der Waals surface area (Å²) < 4.78 is 19.1. The van der Waals surface area contributed by atoms with E-state index in [1.165, 1.54) is 173 Å². The van der Waals surface area contributed by atoms with Gasteiger partial charge in [0.1, 0.15) is 0 Å². The Kier molecular flexibility index (Phi) is 26.3. The molecule has 0 bridgehead atoms. The maximum atomic E-state index is 2.64. The molecule has 0 unspecified atom stereocenters. The molecule has 3 aromatic carbocycles. The summed E-state index contributed by atoms with van der Waals surface area (Å²) in [6.07, 6.45) is 24.7. The SMILES string of the molecule is CCC[CH2][Sn]([CH2]CCC)([CH2]CCC)[c]1ccc(N(c2cc[c]([Sn]([CH2]CCC)([CH2]CCC)[CH2]CCC)cc2)c2cc[c]([Sn]([CH2]CCC)([CH2]CCC)[CH2]CCC)cc2)cc1. The molecule has 4 heteroatoms. The van der Waals surface area contributed by atoms with Gasteiger partial charge in [0.15, 0.2) is 0 Å². The normalized spacial score (nSPS) is 12.4. The summed E-state index contributed by atoms with van der Waals surface area (Å²) in [6, 6.07) is 31.2. The van der Waals surface area contributed by atoms with Gasteiger partial charge in [-0.2, -0.15) is 0 Å². The van der Waals surface area contributed by atoms with Gasteiger partial charge < -0.3 is 0 Å². The van der Waals surface area contributed by atoms with E-state index in [-0.39, 0.29) is 0 Å². The van der Waals surface area contributed by atoms with Crippen LogP contribution in [0.25, 0.3) is 0 Å². The fraction of sp³-hybridized carbons (Fsp3) is 0.667. The fourth-order valence-electron chi connectivity index (χ4n) is 10.4. The van der Waals surface area contributed by atoms with Gasteiger partial charge in [0.05, 0.1) is 0 Å². The summed E-state index contributed by atoms with van der Waals surface area (Å²) in [5.41, 5.74) is 4.05. The average molecular weight is 1110 g/mol. The van der Waals surface area contributed by atoms with Crippen molar-refractivity contribution in [2.45, 2.75) is 218 Å². The van der Waals surface area contributed by atoms with Crippen molar-refractivity contribution < 1.29 is 0 Å². The van der Waals surface area contributed by atoms with E-state index in [1.54, 1.807) is 10.7 Å². The second kappa shape index (κ2) is 29.3. The molecule has 0 aliphatic rings. The summed E-state index contributed by atoms with van der Waals surface area (Å²) in [6.45, 7) is 21.7. The van der Waals surface area contributed by atoms with Gasteiger partial charge in [0, 0.05) is 0 Å². The molecule has 0 atom stereocenters. The second-order valence-electron chi connectivity index (χ2n) is 18.7. The third-order valence-corrected chi connectivity index (χ3v) is 61.3. The van der Waals surface area contributed by atoms with E-state index >= 15 is 0 Å². The minimum atomic E-state index is -2.54. The molecule has 0 saturated carbocycles. The van der Waals surface area contributed by atoms with Crippen molar-refractivity contribution in [2.24, 2.45) is 0 Å². The van der Waals surface area contributed by atoms with Gasteiger partial charge in [-0.1, -0.05) is 0 Å². The molecule has 3 aromatic rings. The predicted molar refractivity (Wildman–Crippen MR) is 275 cm³/mol. The van der Waals surface area contributed by atoms with E-state index in [9.17, 15) is 0 Å². The number of anilines is 3. The third-order valence-electron chi connectivity index (χ3n) is 14.3. The molecule has 326 valence electrons. The minimum absolute atomic E-state index is 1.33. The first-order valence-corrected chi connectivity index (χ1v) is 47.9. The van der Waals surface area contributed by atoms with Crippen molar-refractivity contribution in [3.63, 3.8) is 0 Å². The molecular weight excluding hydrogens is 1020 g/mol. The monoisotopic (exact) mass is 1120 g/mol. The molecule has 0 N–H and O–H groups in total. The quantitative estimate of drug-likeness (QED) is 0.0550. The van der Waals surface area contributed by atoms with Gasteiger partial charge in [-0.25, -0.2) is 0 Å². The van der Waals surface area contributed by atoms with Crippen molar-refractivity contribution in [3.05, 3.63) is 72.8 Å². The Labute approximate surface area is 374 Å². The molecular formula is C54H93NSn3. The van der Waals surface area contributed by atoms with Crippen LogP contribution in [0.5, 0.6) is 0 Å². The molecule has 0 radical (unpaired) electrons. The van der Waals surface area contributed by atoms with Crippen LogP contribution in [0, 0.1) is 0 Å². The number of hydrogen-bond acceptors (Lipinski definition) is 1. The van der Waals surface area contributed by atoms with Gasteiger partial charge in [0.25, 0.3) is 0 Å². The van der Waals surface area contributed by atoms with Gasteiger partial charge in [-0.15, -0.1) is 0 Å². The van der Waals surface area contributed by atoms with E-state index in [0.29, 0.717) is 0 Å². The van der Waals surface area contributed by atoms with E-state index < -0.39 is 55.1 Å².